The quantitative estimate of drug-likeness (QED) is 0.375. The molecule has 7 heteroatoms. The Labute approximate surface area is 195 Å². The van der Waals surface area contributed by atoms with E-state index in [2.05, 4.69) is 22.9 Å². The number of aryl methyl sites for hydroxylation is 1. The summed E-state index contributed by atoms with van der Waals surface area (Å²) in [5.74, 6) is 0.948. The van der Waals surface area contributed by atoms with Crippen LogP contribution >= 0.6 is 27.7 Å². The molecule has 0 N–H and O–H groups in total. The summed E-state index contributed by atoms with van der Waals surface area (Å²) in [4.78, 5) is 26.9. The third-order valence-electron chi connectivity index (χ3n) is 5.01. The molecular weight excluding hydrogens is 478 g/mol. The summed E-state index contributed by atoms with van der Waals surface area (Å²) in [6, 6.07) is 13.7. The number of methoxy groups -OCH3 is 1. The lowest BCUT2D eigenvalue weighted by Gasteiger charge is -2.17. The van der Waals surface area contributed by atoms with Gasteiger partial charge < -0.3 is 9.47 Å². The lowest BCUT2D eigenvalue weighted by molar-refractivity contribution is -0.122. The number of halogens is 1. The predicted molar refractivity (Wildman–Crippen MR) is 129 cm³/mol. The van der Waals surface area contributed by atoms with Crippen LogP contribution in [0.1, 0.15) is 37.8 Å². The minimum absolute atomic E-state index is 0.0448. The van der Waals surface area contributed by atoms with Crippen molar-refractivity contribution in [1.29, 1.82) is 0 Å². The van der Waals surface area contributed by atoms with E-state index in [0.717, 1.165) is 41.1 Å². The molecule has 0 aliphatic carbocycles. The number of hydrogen-bond acceptors (Lipinski definition) is 5. The van der Waals surface area contributed by atoms with E-state index < -0.39 is 0 Å². The number of carbonyl (C=O) groups excluding carboxylic acids is 2. The molecule has 3 rings (SSSR count). The fourth-order valence-corrected chi connectivity index (χ4v) is 4.57. The van der Waals surface area contributed by atoms with Crippen LogP contribution in [0.2, 0.25) is 0 Å². The summed E-state index contributed by atoms with van der Waals surface area (Å²) in [6.07, 6.45) is 4.19. The first kappa shape index (κ1) is 23.4. The van der Waals surface area contributed by atoms with Gasteiger partial charge in [0.25, 0.3) is 11.1 Å². The van der Waals surface area contributed by atoms with Crippen LogP contribution in [0.4, 0.5) is 4.79 Å². The first-order chi connectivity index (χ1) is 14.9. The summed E-state index contributed by atoms with van der Waals surface area (Å²) in [7, 11) is 1.58. The molecular formula is C24H26BrNO4S. The van der Waals surface area contributed by atoms with E-state index in [1.807, 2.05) is 49.4 Å². The Hall–Kier alpha value is -2.25. The predicted octanol–water partition coefficient (Wildman–Crippen LogP) is 6.30. The molecule has 0 bridgehead atoms. The van der Waals surface area contributed by atoms with Crippen molar-refractivity contribution in [2.75, 3.05) is 13.7 Å². The lowest BCUT2D eigenvalue weighted by Crippen LogP contribution is -2.29. The molecule has 2 amide bonds. The Morgan fingerprint density at radius 3 is 2.61 bits per heavy atom. The van der Waals surface area contributed by atoms with Gasteiger partial charge in [-0.25, -0.2) is 0 Å². The molecule has 164 valence electrons. The number of hydrogen-bond donors (Lipinski definition) is 0. The number of thioether (sulfide) groups is 1. The van der Waals surface area contributed by atoms with Crippen molar-refractivity contribution in [3.63, 3.8) is 0 Å². The molecule has 0 unspecified atom stereocenters. The van der Waals surface area contributed by atoms with Crippen LogP contribution in [0, 0.1) is 0 Å². The van der Waals surface area contributed by atoms with Crippen LogP contribution in [0.25, 0.3) is 6.08 Å². The average molecular weight is 504 g/mol. The molecule has 5 nitrogen and oxygen atoms in total. The average Bonchev–Trinajstić information content (AvgIpc) is 3.03. The van der Waals surface area contributed by atoms with Crippen molar-refractivity contribution >= 4 is 44.9 Å². The van der Waals surface area contributed by atoms with Crippen LogP contribution in [0.15, 0.2) is 51.8 Å². The van der Waals surface area contributed by atoms with E-state index in [0.29, 0.717) is 22.9 Å². The summed E-state index contributed by atoms with van der Waals surface area (Å²) in [5.41, 5.74) is 1.96. The molecule has 1 fully saturated rings. The van der Waals surface area contributed by atoms with Gasteiger partial charge in [-0.15, -0.1) is 0 Å². The fraction of sp³-hybridized carbons (Fsp3) is 0.333. The molecule has 1 aliphatic heterocycles. The Morgan fingerprint density at radius 2 is 1.94 bits per heavy atom. The molecule has 1 atom stereocenters. The van der Waals surface area contributed by atoms with E-state index in [4.69, 9.17) is 9.47 Å². The van der Waals surface area contributed by atoms with Gasteiger partial charge >= 0.3 is 0 Å². The standard InChI is InChI=1S/C24H26BrNO4S/c1-4-16(2)30-22-19(25)13-18(14-20(22)29-3)15-21-23(27)26(24(28)31-21)12-8-11-17-9-6-5-7-10-17/h5-7,9-10,13-16H,4,8,11-12H2,1-3H3/b21-15+/t16-/m1/s1. The van der Waals surface area contributed by atoms with Crippen molar-refractivity contribution in [1.82, 2.24) is 4.90 Å². The van der Waals surface area contributed by atoms with E-state index in [-0.39, 0.29) is 17.3 Å². The second kappa shape index (κ2) is 10.9. The van der Waals surface area contributed by atoms with Gasteiger partial charge in [-0.3, -0.25) is 14.5 Å². The zero-order valence-electron chi connectivity index (χ0n) is 17.9. The van der Waals surface area contributed by atoms with Gasteiger partial charge in [0.1, 0.15) is 0 Å². The van der Waals surface area contributed by atoms with Gasteiger partial charge in [0.05, 0.1) is 22.6 Å². The van der Waals surface area contributed by atoms with Crippen LogP contribution in [-0.4, -0.2) is 35.8 Å². The topological polar surface area (TPSA) is 55.8 Å². The maximum Gasteiger partial charge on any atom is 0.293 e. The highest BCUT2D eigenvalue weighted by Gasteiger charge is 2.34. The van der Waals surface area contributed by atoms with Crippen LogP contribution in [0.5, 0.6) is 11.5 Å². The third-order valence-corrected chi connectivity index (χ3v) is 6.50. The van der Waals surface area contributed by atoms with Gasteiger partial charge in [0.2, 0.25) is 0 Å². The summed E-state index contributed by atoms with van der Waals surface area (Å²) < 4.78 is 12.2. The number of imide groups is 1. The SMILES string of the molecule is CC[C@@H](C)Oc1c(Br)cc(/C=C2/SC(=O)N(CCCc3ccccc3)C2=O)cc1OC. The second-order valence-corrected chi connectivity index (χ2v) is 9.14. The molecule has 2 aromatic rings. The summed E-state index contributed by atoms with van der Waals surface area (Å²) in [5, 5.41) is -0.230. The molecule has 2 aromatic carbocycles. The molecule has 0 saturated carbocycles. The fourth-order valence-electron chi connectivity index (χ4n) is 3.15. The number of carbonyl (C=O) groups is 2. The maximum absolute atomic E-state index is 12.8. The number of ether oxygens (including phenoxy) is 2. The van der Waals surface area contributed by atoms with E-state index in [1.54, 1.807) is 13.2 Å². The van der Waals surface area contributed by atoms with Gasteiger partial charge in [0, 0.05) is 6.54 Å². The van der Waals surface area contributed by atoms with E-state index >= 15 is 0 Å². The van der Waals surface area contributed by atoms with E-state index in [9.17, 15) is 9.59 Å². The van der Waals surface area contributed by atoms with Crippen LogP contribution in [-0.2, 0) is 11.2 Å². The monoisotopic (exact) mass is 503 g/mol. The van der Waals surface area contributed by atoms with Gasteiger partial charge in [-0.1, -0.05) is 37.3 Å². The van der Waals surface area contributed by atoms with Crippen LogP contribution < -0.4 is 9.47 Å². The zero-order valence-corrected chi connectivity index (χ0v) is 20.3. The highest BCUT2D eigenvalue weighted by Crippen LogP contribution is 2.39. The molecule has 1 heterocycles. The summed E-state index contributed by atoms with van der Waals surface area (Å²) >= 11 is 4.51. The van der Waals surface area contributed by atoms with Crippen molar-refractivity contribution in [2.45, 2.75) is 39.2 Å². The highest BCUT2D eigenvalue weighted by atomic mass is 79.9. The van der Waals surface area contributed by atoms with Crippen molar-refractivity contribution in [2.24, 2.45) is 0 Å². The number of rotatable bonds is 9. The largest absolute Gasteiger partial charge is 0.493 e. The Kier molecular flexibility index (Phi) is 8.21. The molecule has 1 aliphatic rings. The van der Waals surface area contributed by atoms with Crippen molar-refractivity contribution < 1.29 is 19.1 Å². The Morgan fingerprint density at radius 1 is 1.19 bits per heavy atom. The molecule has 0 spiro atoms. The van der Waals surface area contributed by atoms with Gasteiger partial charge in [-0.2, -0.15) is 0 Å². The lowest BCUT2D eigenvalue weighted by atomic mass is 10.1. The maximum atomic E-state index is 12.8. The molecule has 0 aromatic heterocycles. The molecule has 31 heavy (non-hydrogen) atoms. The number of nitrogens with zero attached hydrogens (tertiary/aromatic N) is 1. The summed E-state index contributed by atoms with van der Waals surface area (Å²) in [6.45, 7) is 4.45. The number of amides is 2. The first-order valence-electron chi connectivity index (χ1n) is 10.3. The Bertz CT molecular complexity index is 977. The van der Waals surface area contributed by atoms with Crippen molar-refractivity contribution in [3.05, 3.63) is 63.0 Å². The van der Waals surface area contributed by atoms with Gasteiger partial charge in [0.15, 0.2) is 11.5 Å². The Balaban J connectivity index is 1.72. The first-order valence-corrected chi connectivity index (χ1v) is 11.9. The van der Waals surface area contributed by atoms with Gasteiger partial charge in [-0.05, 0) is 83.2 Å². The molecule has 0 radical (unpaired) electrons. The highest BCUT2D eigenvalue weighted by molar-refractivity contribution is 9.10. The third kappa shape index (κ3) is 5.92. The normalized spacial score (nSPS) is 16.1. The zero-order chi connectivity index (χ0) is 22.4. The minimum atomic E-state index is -0.252. The minimum Gasteiger partial charge on any atom is -0.493 e. The second-order valence-electron chi connectivity index (χ2n) is 7.29. The number of benzene rings is 2. The van der Waals surface area contributed by atoms with Crippen LogP contribution in [0.3, 0.4) is 0 Å². The smallest absolute Gasteiger partial charge is 0.293 e. The van der Waals surface area contributed by atoms with E-state index in [1.165, 1.54) is 10.5 Å². The molecule has 1 saturated heterocycles. The van der Waals surface area contributed by atoms with Crippen molar-refractivity contribution in [3.8, 4) is 11.5 Å².